The average Bonchev–Trinajstić information content (AvgIpc) is 2.02. The summed E-state index contributed by atoms with van der Waals surface area (Å²) in [6.07, 6.45) is 2.95. The van der Waals surface area contributed by atoms with Gasteiger partial charge in [0.05, 0.1) is 0 Å². The van der Waals surface area contributed by atoms with Crippen LogP contribution in [0.1, 0.15) is 32.1 Å². The lowest BCUT2D eigenvalue weighted by molar-refractivity contribution is -0.137. The summed E-state index contributed by atoms with van der Waals surface area (Å²) in [6, 6.07) is 0. The summed E-state index contributed by atoms with van der Waals surface area (Å²) in [5.74, 6) is -1.26. The SMILES string of the molecule is C=C(CCCCCC(=O)O)C(N)=O. The van der Waals surface area contributed by atoms with E-state index >= 15 is 0 Å². The normalized spacial score (nSPS) is 9.54. The molecule has 0 aliphatic carbocycles. The van der Waals surface area contributed by atoms with Crippen molar-refractivity contribution in [1.82, 2.24) is 0 Å². The minimum Gasteiger partial charge on any atom is -0.481 e. The van der Waals surface area contributed by atoms with Crippen molar-refractivity contribution >= 4 is 11.9 Å². The zero-order valence-corrected chi connectivity index (χ0v) is 7.58. The van der Waals surface area contributed by atoms with Crippen LogP contribution in [-0.2, 0) is 9.59 Å². The Balaban J connectivity index is 3.31. The van der Waals surface area contributed by atoms with Gasteiger partial charge in [-0.3, -0.25) is 9.59 Å². The highest BCUT2D eigenvalue weighted by atomic mass is 16.4. The van der Waals surface area contributed by atoms with Crippen LogP contribution in [0.15, 0.2) is 12.2 Å². The molecule has 0 rings (SSSR count). The Labute approximate surface area is 77.4 Å². The topological polar surface area (TPSA) is 80.4 Å². The molecule has 0 aromatic heterocycles. The monoisotopic (exact) mass is 185 g/mol. The molecule has 13 heavy (non-hydrogen) atoms. The van der Waals surface area contributed by atoms with Gasteiger partial charge in [-0.15, -0.1) is 0 Å². The summed E-state index contributed by atoms with van der Waals surface area (Å²) in [5.41, 5.74) is 5.38. The molecule has 4 heteroatoms. The number of hydrogen-bond acceptors (Lipinski definition) is 2. The van der Waals surface area contributed by atoms with Crippen LogP contribution >= 0.6 is 0 Å². The Bertz CT molecular complexity index is 211. The molecule has 0 aliphatic heterocycles. The molecule has 0 aromatic rings. The molecule has 0 unspecified atom stereocenters. The predicted molar refractivity (Wildman–Crippen MR) is 49.1 cm³/mol. The van der Waals surface area contributed by atoms with E-state index in [4.69, 9.17) is 10.8 Å². The number of hydrogen-bond donors (Lipinski definition) is 2. The molecule has 1 amide bonds. The van der Waals surface area contributed by atoms with E-state index in [1.807, 2.05) is 0 Å². The number of primary amides is 1. The zero-order chi connectivity index (χ0) is 10.3. The van der Waals surface area contributed by atoms with Gasteiger partial charge in [-0.2, -0.15) is 0 Å². The Hall–Kier alpha value is -1.32. The van der Waals surface area contributed by atoms with Gasteiger partial charge in [0.15, 0.2) is 0 Å². The third-order valence-electron chi connectivity index (χ3n) is 1.72. The highest BCUT2D eigenvalue weighted by molar-refractivity contribution is 5.91. The maximum Gasteiger partial charge on any atom is 0.303 e. The molecule has 3 N–H and O–H groups in total. The maximum absolute atomic E-state index is 10.5. The van der Waals surface area contributed by atoms with Crippen LogP contribution < -0.4 is 5.73 Å². The number of rotatable bonds is 7. The molecule has 4 nitrogen and oxygen atoms in total. The summed E-state index contributed by atoms with van der Waals surface area (Å²) in [5, 5.41) is 8.32. The molecular weight excluding hydrogens is 170 g/mol. The first-order valence-electron chi connectivity index (χ1n) is 4.23. The van der Waals surface area contributed by atoms with E-state index < -0.39 is 11.9 Å². The molecule has 0 saturated heterocycles. The number of carbonyl (C=O) groups is 2. The second-order valence-corrected chi connectivity index (χ2v) is 2.92. The van der Waals surface area contributed by atoms with Crippen molar-refractivity contribution in [2.75, 3.05) is 0 Å². The summed E-state index contributed by atoms with van der Waals surface area (Å²) in [7, 11) is 0. The molecule has 0 atom stereocenters. The van der Waals surface area contributed by atoms with Gasteiger partial charge in [-0.05, 0) is 19.3 Å². The molecule has 0 bridgehead atoms. The van der Waals surface area contributed by atoms with E-state index in [9.17, 15) is 9.59 Å². The molecule has 74 valence electrons. The van der Waals surface area contributed by atoms with Crippen LogP contribution in [0.4, 0.5) is 0 Å². The average molecular weight is 185 g/mol. The first-order chi connectivity index (χ1) is 6.04. The quantitative estimate of drug-likeness (QED) is 0.459. The van der Waals surface area contributed by atoms with Crippen LogP contribution in [0.25, 0.3) is 0 Å². The Morgan fingerprint density at radius 1 is 1.15 bits per heavy atom. The molecule has 0 radical (unpaired) electrons. The Morgan fingerprint density at radius 2 is 1.69 bits per heavy atom. The lowest BCUT2D eigenvalue weighted by Gasteiger charge is -1.99. The van der Waals surface area contributed by atoms with Gasteiger partial charge in [0.2, 0.25) is 5.91 Å². The first-order valence-corrected chi connectivity index (χ1v) is 4.23. The van der Waals surface area contributed by atoms with Crippen molar-refractivity contribution in [2.45, 2.75) is 32.1 Å². The van der Waals surface area contributed by atoms with Gasteiger partial charge in [0, 0.05) is 12.0 Å². The number of amides is 1. The second-order valence-electron chi connectivity index (χ2n) is 2.92. The molecule has 0 fully saturated rings. The minimum absolute atomic E-state index is 0.184. The van der Waals surface area contributed by atoms with Gasteiger partial charge < -0.3 is 10.8 Å². The molecular formula is C9H15NO3. The van der Waals surface area contributed by atoms with E-state index in [2.05, 4.69) is 6.58 Å². The fourth-order valence-electron chi connectivity index (χ4n) is 0.915. The van der Waals surface area contributed by atoms with Crippen molar-refractivity contribution in [3.8, 4) is 0 Å². The number of unbranched alkanes of at least 4 members (excludes halogenated alkanes) is 2. The summed E-state index contributed by atoms with van der Waals surface area (Å²) in [6.45, 7) is 3.50. The zero-order valence-electron chi connectivity index (χ0n) is 7.58. The fraction of sp³-hybridized carbons (Fsp3) is 0.556. The minimum atomic E-state index is -0.784. The van der Waals surface area contributed by atoms with Crippen LogP contribution in [-0.4, -0.2) is 17.0 Å². The smallest absolute Gasteiger partial charge is 0.303 e. The first kappa shape index (κ1) is 11.7. The van der Waals surface area contributed by atoms with E-state index in [0.717, 1.165) is 12.8 Å². The second kappa shape index (κ2) is 6.22. The summed E-state index contributed by atoms with van der Waals surface area (Å²) < 4.78 is 0. The van der Waals surface area contributed by atoms with Crippen molar-refractivity contribution < 1.29 is 14.7 Å². The number of carbonyl (C=O) groups excluding carboxylic acids is 1. The lowest BCUT2D eigenvalue weighted by Crippen LogP contribution is -2.12. The highest BCUT2D eigenvalue weighted by Crippen LogP contribution is 2.07. The number of aliphatic carboxylic acids is 1. The number of nitrogens with two attached hydrogens (primary N) is 1. The standard InChI is InChI=1S/C9H15NO3/c1-7(9(10)13)5-3-2-4-6-8(11)12/h1-6H2,(H2,10,13)(H,11,12). The molecule has 0 aliphatic rings. The van der Waals surface area contributed by atoms with Gasteiger partial charge in [-0.25, -0.2) is 0 Å². The Morgan fingerprint density at radius 3 is 2.15 bits per heavy atom. The van der Waals surface area contributed by atoms with E-state index in [1.54, 1.807) is 0 Å². The van der Waals surface area contributed by atoms with Crippen molar-refractivity contribution in [3.63, 3.8) is 0 Å². The van der Waals surface area contributed by atoms with Gasteiger partial charge in [-0.1, -0.05) is 13.0 Å². The molecule has 0 aromatic carbocycles. The van der Waals surface area contributed by atoms with Crippen LogP contribution in [0.5, 0.6) is 0 Å². The molecule has 0 saturated carbocycles. The predicted octanol–water partition coefficient (Wildman–Crippen LogP) is 1.06. The summed E-state index contributed by atoms with van der Waals surface area (Å²) in [4.78, 5) is 20.6. The van der Waals surface area contributed by atoms with Crippen molar-refractivity contribution in [2.24, 2.45) is 5.73 Å². The maximum atomic E-state index is 10.5. The fourth-order valence-corrected chi connectivity index (χ4v) is 0.915. The third kappa shape index (κ3) is 7.05. The Kier molecular flexibility index (Phi) is 5.59. The van der Waals surface area contributed by atoms with Gasteiger partial charge in [0.1, 0.15) is 0 Å². The summed E-state index contributed by atoms with van der Waals surface area (Å²) >= 11 is 0. The van der Waals surface area contributed by atoms with Crippen molar-refractivity contribution in [1.29, 1.82) is 0 Å². The van der Waals surface area contributed by atoms with Crippen LogP contribution in [0, 0.1) is 0 Å². The van der Waals surface area contributed by atoms with Gasteiger partial charge >= 0.3 is 5.97 Å². The number of carboxylic acid groups (broad SMARTS) is 1. The van der Waals surface area contributed by atoms with Gasteiger partial charge in [0.25, 0.3) is 0 Å². The number of carboxylic acids is 1. The highest BCUT2D eigenvalue weighted by Gasteiger charge is 2.01. The van der Waals surface area contributed by atoms with Crippen molar-refractivity contribution in [3.05, 3.63) is 12.2 Å². The van der Waals surface area contributed by atoms with Crippen LogP contribution in [0.2, 0.25) is 0 Å². The van der Waals surface area contributed by atoms with E-state index in [0.29, 0.717) is 18.4 Å². The lowest BCUT2D eigenvalue weighted by atomic mass is 10.1. The van der Waals surface area contributed by atoms with E-state index in [-0.39, 0.29) is 6.42 Å². The van der Waals surface area contributed by atoms with Crippen LogP contribution in [0.3, 0.4) is 0 Å². The van der Waals surface area contributed by atoms with E-state index in [1.165, 1.54) is 0 Å². The molecule has 0 spiro atoms. The third-order valence-corrected chi connectivity index (χ3v) is 1.72. The largest absolute Gasteiger partial charge is 0.481 e. The molecule has 0 heterocycles.